The molecule has 2 fully saturated rings. The first kappa shape index (κ1) is 35.2. The van der Waals surface area contributed by atoms with Crippen molar-refractivity contribution in [1.82, 2.24) is 20.9 Å². The number of rotatable bonds is 12. The lowest BCUT2D eigenvalue weighted by atomic mass is 9.94. The third-order valence-electron chi connectivity index (χ3n) is 8.76. The smallest absolute Gasteiger partial charge is 0.338 e. The van der Waals surface area contributed by atoms with Gasteiger partial charge in [0.1, 0.15) is 36.0 Å². The van der Waals surface area contributed by atoms with E-state index >= 15 is 0 Å². The average molecular weight is 647 g/mol. The number of esters is 1. The number of allylic oxidation sites excluding steroid dienone is 1. The van der Waals surface area contributed by atoms with E-state index in [9.17, 15) is 24.0 Å². The quantitative estimate of drug-likeness (QED) is 0.182. The van der Waals surface area contributed by atoms with Crippen LogP contribution in [0.2, 0.25) is 0 Å². The second-order valence-corrected chi connectivity index (χ2v) is 12.2. The van der Waals surface area contributed by atoms with E-state index in [2.05, 4.69) is 16.0 Å². The number of amides is 4. The molecule has 3 N–H and O–H groups in total. The Morgan fingerprint density at radius 1 is 0.979 bits per heavy atom. The minimum atomic E-state index is -1.34. The van der Waals surface area contributed by atoms with Crippen LogP contribution in [0.3, 0.4) is 0 Å². The molecule has 0 aromatic heterocycles. The molecule has 2 heterocycles. The molecule has 4 atom stereocenters. The molecule has 47 heavy (non-hydrogen) atoms. The van der Waals surface area contributed by atoms with Crippen LogP contribution in [0.15, 0.2) is 66.7 Å². The van der Waals surface area contributed by atoms with E-state index < -0.39 is 47.4 Å². The zero-order valence-corrected chi connectivity index (χ0v) is 27.5. The van der Waals surface area contributed by atoms with Gasteiger partial charge in [-0.2, -0.15) is 0 Å². The lowest BCUT2D eigenvalue weighted by Crippen LogP contribution is -2.65. The molecule has 0 aliphatic carbocycles. The van der Waals surface area contributed by atoms with Crippen LogP contribution >= 0.6 is 0 Å². The van der Waals surface area contributed by atoms with E-state index in [1.54, 1.807) is 38.1 Å². The Hall–Kier alpha value is -4.67. The molecule has 0 spiro atoms. The molecule has 252 valence electrons. The van der Waals surface area contributed by atoms with Crippen molar-refractivity contribution >= 4 is 29.6 Å². The number of nitrogens with one attached hydrogen (secondary N) is 3. The topological polar surface area (TPSA) is 143 Å². The van der Waals surface area contributed by atoms with Crippen molar-refractivity contribution < 1.29 is 33.4 Å². The van der Waals surface area contributed by atoms with Gasteiger partial charge in [-0.1, -0.05) is 49.4 Å². The zero-order valence-electron chi connectivity index (χ0n) is 27.5. The van der Waals surface area contributed by atoms with Crippen molar-refractivity contribution in [2.75, 3.05) is 19.8 Å². The van der Waals surface area contributed by atoms with Crippen molar-refractivity contribution in [3.8, 4) is 5.75 Å². The number of ether oxygens (including phenoxy) is 2. The summed E-state index contributed by atoms with van der Waals surface area (Å²) in [5.74, 6) is -1.46. The molecule has 4 amide bonds. The number of carbonyl (C=O) groups is 5. The zero-order chi connectivity index (χ0) is 33.8. The molecule has 2 aliphatic heterocycles. The van der Waals surface area contributed by atoms with Gasteiger partial charge in [-0.25, -0.2) is 4.79 Å². The highest BCUT2D eigenvalue weighted by Crippen LogP contribution is 2.23. The van der Waals surface area contributed by atoms with Gasteiger partial charge in [0.05, 0.1) is 12.2 Å². The first-order valence-corrected chi connectivity index (χ1v) is 16.4. The number of hydrogen-bond acceptors (Lipinski definition) is 7. The monoisotopic (exact) mass is 646 g/mol. The van der Waals surface area contributed by atoms with E-state index in [1.165, 1.54) is 4.90 Å². The standard InChI is InChI=1S/C36H46N4O7/c1-4-6-22-46-27-19-17-25(18-20-27)24-29-33(43)40-21-12-16-30(40)32(42)37-28(31(41)39-36(3,5-2)35(45)38-29)15-10-11-23-47-34(44)26-13-8-7-9-14-26/h4,6-9,13-14,17-20,28-30H,5,10-12,15-16,21-24H2,1-3H3,(H,37,42)(H,38,45)(H,39,41)/b6-4+/t28-,29-,30+,36-/m0/s1. The van der Waals surface area contributed by atoms with Gasteiger partial charge >= 0.3 is 5.97 Å². The summed E-state index contributed by atoms with van der Waals surface area (Å²) in [5.41, 5.74) is -0.0690. The highest BCUT2D eigenvalue weighted by molar-refractivity contribution is 5.99. The number of fused-ring (bicyclic) bond motifs is 1. The maximum Gasteiger partial charge on any atom is 0.338 e. The molecule has 2 saturated heterocycles. The van der Waals surface area contributed by atoms with Crippen LogP contribution in [0.5, 0.6) is 5.75 Å². The molecule has 4 rings (SSSR count). The summed E-state index contributed by atoms with van der Waals surface area (Å²) < 4.78 is 11.0. The molecule has 2 aromatic rings. The van der Waals surface area contributed by atoms with Crippen LogP contribution in [0.1, 0.15) is 75.2 Å². The third kappa shape index (κ3) is 9.43. The van der Waals surface area contributed by atoms with Crippen LogP contribution in [0.4, 0.5) is 0 Å². The number of carbonyl (C=O) groups excluding carboxylic acids is 5. The van der Waals surface area contributed by atoms with Gasteiger partial charge in [0, 0.05) is 13.0 Å². The Labute approximate surface area is 276 Å². The summed E-state index contributed by atoms with van der Waals surface area (Å²) in [6, 6.07) is 13.4. The first-order valence-electron chi connectivity index (χ1n) is 16.4. The lowest BCUT2D eigenvalue weighted by molar-refractivity contribution is -0.144. The molecule has 0 radical (unpaired) electrons. The van der Waals surface area contributed by atoms with E-state index in [0.717, 1.165) is 5.56 Å². The molecule has 2 aliphatic rings. The van der Waals surface area contributed by atoms with Gasteiger partial charge < -0.3 is 30.3 Å². The Kier molecular flexibility index (Phi) is 12.5. The minimum absolute atomic E-state index is 0.156. The normalized spacial score (nSPS) is 23.6. The fourth-order valence-corrected chi connectivity index (χ4v) is 5.69. The van der Waals surface area contributed by atoms with Crippen LogP contribution in [0.25, 0.3) is 0 Å². The van der Waals surface area contributed by atoms with Crippen molar-refractivity contribution in [1.29, 1.82) is 0 Å². The van der Waals surface area contributed by atoms with Crippen molar-refractivity contribution in [3.05, 3.63) is 77.9 Å². The predicted octanol–water partition coefficient (Wildman–Crippen LogP) is 3.47. The molecule has 0 unspecified atom stereocenters. The molecule has 2 aromatic carbocycles. The Bertz CT molecular complexity index is 1430. The molecule has 11 heteroatoms. The SMILES string of the molecule is C/C=C/COc1ccc(C[C@@H]2NC(=O)[C@](C)(CC)NC(=O)[C@H](CCCCOC(=O)c3ccccc3)NC(=O)[C@H]3CCCN3C2=O)cc1. The maximum absolute atomic E-state index is 14.0. The van der Waals surface area contributed by atoms with Crippen LogP contribution < -0.4 is 20.7 Å². The average Bonchev–Trinajstić information content (AvgIpc) is 3.58. The number of nitrogens with zero attached hydrogens (tertiary/aromatic N) is 1. The second-order valence-electron chi connectivity index (χ2n) is 12.2. The molecule has 11 nitrogen and oxygen atoms in total. The molecular weight excluding hydrogens is 600 g/mol. The fourth-order valence-electron chi connectivity index (χ4n) is 5.69. The summed E-state index contributed by atoms with van der Waals surface area (Å²) >= 11 is 0. The minimum Gasteiger partial charge on any atom is -0.490 e. The number of unbranched alkanes of at least 4 members (excludes halogenated alkanes) is 1. The highest BCUT2D eigenvalue weighted by Gasteiger charge is 2.43. The van der Waals surface area contributed by atoms with E-state index in [-0.39, 0.29) is 31.8 Å². The van der Waals surface area contributed by atoms with Crippen LogP contribution in [-0.4, -0.2) is 77.9 Å². The van der Waals surface area contributed by atoms with Crippen molar-refractivity contribution in [2.45, 2.75) is 89.4 Å². The molecule has 0 saturated carbocycles. The first-order chi connectivity index (χ1) is 22.6. The van der Waals surface area contributed by atoms with Gasteiger partial charge in [0.2, 0.25) is 23.6 Å². The summed E-state index contributed by atoms with van der Waals surface area (Å²) in [6.45, 7) is 6.28. The Morgan fingerprint density at radius 2 is 1.72 bits per heavy atom. The van der Waals surface area contributed by atoms with Gasteiger partial charge in [0.15, 0.2) is 0 Å². The van der Waals surface area contributed by atoms with Gasteiger partial charge in [-0.3, -0.25) is 19.2 Å². The third-order valence-corrected chi connectivity index (χ3v) is 8.76. The largest absolute Gasteiger partial charge is 0.490 e. The second kappa shape index (κ2) is 16.8. The van der Waals surface area contributed by atoms with E-state index in [1.807, 2.05) is 49.4 Å². The fraction of sp³-hybridized carbons (Fsp3) is 0.472. The van der Waals surface area contributed by atoms with Crippen LogP contribution in [0, 0.1) is 0 Å². The maximum atomic E-state index is 14.0. The van der Waals surface area contributed by atoms with Crippen LogP contribution in [-0.2, 0) is 30.3 Å². The Balaban J connectivity index is 1.47. The highest BCUT2D eigenvalue weighted by atomic mass is 16.5. The van der Waals surface area contributed by atoms with E-state index in [4.69, 9.17) is 9.47 Å². The van der Waals surface area contributed by atoms with Gasteiger partial charge in [-0.05, 0) is 82.2 Å². The molecule has 0 bridgehead atoms. The van der Waals surface area contributed by atoms with E-state index in [0.29, 0.717) is 50.1 Å². The van der Waals surface area contributed by atoms with Gasteiger partial charge in [0.25, 0.3) is 0 Å². The Morgan fingerprint density at radius 3 is 2.43 bits per heavy atom. The van der Waals surface area contributed by atoms with Crippen molar-refractivity contribution in [3.63, 3.8) is 0 Å². The number of hydrogen-bond donors (Lipinski definition) is 3. The summed E-state index contributed by atoms with van der Waals surface area (Å²) in [4.78, 5) is 68.7. The van der Waals surface area contributed by atoms with Crippen molar-refractivity contribution in [2.24, 2.45) is 0 Å². The molecular formula is C36H46N4O7. The summed E-state index contributed by atoms with van der Waals surface area (Å²) in [6.07, 6.45) is 6.55. The summed E-state index contributed by atoms with van der Waals surface area (Å²) in [7, 11) is 0. The summed E-state index contributed by atoms with van der Waals surface area (Å²) in [5, 5.41) is 8.63. The lowest BCUT2D eigenvalue weighted by Gasteiger charge is -2.36. The van der Waals surface area contributed by atoms with Gasteiger partial charge in [-0.15, -0.1) is 0 Å². The predicted molar refractivity (Wildman–Crippen MR) is 176 cm³/mol. The number of benzene rings is 2.